The van der Waals surface area contributed by atoms with Crippen LogP contribution in [0.2, 0.25) is 0 Å². The van der Waals surface area contributed by atoms with E-state index in [1.807, 2.05) is 50.2 Å². The number of hydrogen-bond donors (Lipinski definition) is 3. The van der Waals surface area contributed by atoms with Gasteiger partial charge in [-0.1, -0.05) is 17.7 Å². The van der Waals surface area contributed by atoms with E-state index in [-0.39, 0.29) is 12.5 Å². The number of rotatable bonds is 10. The highest BCUT2D eigenvalue weighted by Crippen LogP contribution is 2.37. The SMILES string of the molecule is CCOc1cc(CNCC2CCNCC2)cc(Br)c1OCC(=O)Nc1ccc(C)cc1. The minimum atomic E-state index is -0.217. The third-order valence-corrected chi connectivity index (χ3v) is 5.86. The molecular formula is C24H32BrN3O3. The summed E-state index contributed by atoms with van der Waals surface area (Å²) in [6, 6.07) is 11.7. The maximum Gasteiger partial charge on any atom is 0.262 e. The molecule has 1 heterocycles. The first-order chi connectivity index (χ1) is 15.0. The Kier molecular flexibility index (Phi) is 9.18. The van der Waals surface area contributed by atoms with E-state index in [0.29, 0.717) is 18.1 Å². The van der Waals surface area contributed by atoms with Crippen LogP contribution in [0.25, 0.3) is 0 Å². The summed E-state index contributed by atoms with van der Waals surface area (Å²) in [7, 11) is 0. The Labute approximate surface area is 193 Å². The van der Waals surface area contributed by atoms with Gasteiger partial charge in [-0.2, -0.15) is 0 Å². The molecule has 1 saturated heterocycles. The fourth-order valence-electron chi connectivity index (χ4n) is 3.60. The molecule has 6 nitrogen and oxygen atoms in total. The van der Waals surface area contributed by atoms with Crippen molar-refractivity contribution in [2.75, 3.05) is 38.2 Å². The lowest BCUT2D eigenvalue weighted by atomic mass is 9.98. The second kappa shape index (κ2) is 12.1. The molecule has 0 radical (unpaired) electrons. The molecule has 3 rings (SSSR count). The number of carbonyl (C=O) groups excluding carboxylic acids is 1. The highest BCUT2D eigenvalue weighted by molar-refractivity contribution is 9.10. The normalized spacial score (nSPS) is 14.3. The number of ether oxygens (including phenoxy) is 2. The minimum Gasteiger partial charge on any atom is -0.490 e. The largest absolute Gasteiger partial charge is 0.490 e. The van der Waals surface area contributed by atoms with Crippen LogP contribution in [0, 0.1) is 12.8 Å². The number of nitrogens with one attached hydrogen (secondary N) is 3. The van der Waals surface area contributed by atoms with Crippen molar-refractivity contribution in [2.24, 2.45) is 5.92 Å². The Bertz CT molecular complexity index is 852. The van der Waals surface area contributed by atoms with Crippen LogP contribution in [-0.4, -0.2) is 38.8 Å². The number of hydrogen-bond acceptors (Lipinski definition) is 5. The van der Waals surface area contributed by atoms with Gasteiger partial charge in [-0.05, 0) is 98.0 Å². The van der Waals surface area contributed by atoms with Crippen LogP contribution in [0.3, 0.4) is 0 Å². The van der Waals surface area contributed by atoms with Crippen molar-refractivity contribution in [3.05, 3.63) is 52.0 Å². The molecular weight excluding hydrogens is 458 g/mol. The van der Waals surface area contributed by atoms with E-state index in [1.165, 1.54) is 12.8 Å². The number of anilines is 1. The molecule has 2 aromatic carbocycles. The molecule has 1 fully saturated rings. The summed E-state index contributed by atoms with van der Waals surface area (Å²) in [4.78, 5) is 12.3. The summed E-state index contributed by atoms with van der Waals surface area (Å²) in [5, 5.41) is 9.81. The Morgan fingerprint density at radius 1 is 1.16 bits per heavy atom. The van der Waals surface area contributed by atoms with E-state index >= 15 is 0 Å². The van der Waals surface area contributed by atoms with Crippen LogP contribution in [0.5, 0.6) is 11.5 Å². The number of amides is 1. The maximum atomic E-state index is 12.3. The smallest absolute Gasteiger partial charge is 0.262 e. The topological polar surface area (TPSA) is 71.6 Å². The van der Waals surface area contributed by atoms with Crippen LogP contribution in [0.4, 0.5) is 5.69 Å². The lowest BCUT2D eigenvalue weighted by Gasteiger charge is -2.23. The summed E-state index contributed by atoms with van der Waals surface area (Å²) in [6.45, 7) is 8.35. The van der Waals surface area contributed by atoms with Gasteiger partial charge < -0.3 is 25.4 Å². The average Bonchev–Trinajstić information content (AvgIpc) is 2.76. The molecule has 0 saturated carbocycles. The molecule has 0 spiro atoms. The molecule has 0 atom stereocenters. The number of piperidine rings is 1. The fourth-order valence-corrected chi connectivity index (χ4v) is 4.21. The van der Waals surface area contributed by atoms with Gasteiger partial charge in [0.25, 0.3) is 5.91 Å². The standard InChI is InChI=1S/C24H32BrN3O3/c1-3-30-22-13-19(15-27-14-18-8-10-26-11-9-18)12-21(25)24(22)31-16-23(29)28-20-6-4-17(2)5-7-20/h4-7,12-13,18,26-27H,3,8-11,14-16H2,1-2H3,(H,28,29). The number of carbonyl (C=O) groups is 1. The monoisotopic (exact) mass is 489 g/mol. The van der Waals surface area contributed by atoms with Crippen molar-refractivity contribution in [3.63, 3.8) is 0 Å². The predicted molar refractivity (Wildman–Crippen MR) is 128 cm³/mol. The molecule has 1 aliphatic rings. The number of halogens is 1. The van der Waals surface area contributed by atoms with E-state index in [1.54, 1.807) is 0 Å². The molecule has 0 aromatic heterocycles. The highest BCUT2D eigenvalue weighted by Gasteiger charge is 2.16. The summed E-state index contributed by atoms with van der Waals surface area (Å²) < 4.78 is 12.4. The van der Waals surface area contributed by atoms with Crippen molar-refractivity contribution in [1.82, 2.24) is 10.6 Å². The van der Waals surface area contributed by atoms with Crippen molar-refractivity contribution in [1.29, 1.82) is 0 Å². The van der Waals surface area contributed by atoms with Crippen molar-refractivity contribution >= 4 is 27.5 Å². The molecule has 0 aliphatic carbocycles. The van der Waals surface area contributed by atoms with Gasteiger partial charge >= 0.3 is 0 Å². The van der Waals surface area contributed by atoms with Gasteiger partial charge in [-0.25, -0.2) is 0 Å². The van der Waals surface area contributed by atoms with Gasteiger partial charge in [0.2, 0.25) is 0 Å². The molecule has 3 N–H and O–H groups in total. The van der Waals surface area contributed by atoms with E-state index in [2.05, 4.69) is 31.9 Å². The van der Waals surface area contributed by atoms with Crippen molar-refractivity contribution in [3.8, 4) is 11.5 Å². The zero-order chi connectivity index (χ0) is 22.1. The maximum absolute atomic E-state index is 12.3. The lowest BCUT2D eigenvalue weighted by molar-refractivity contribution is -0.118. The second-order valence-electron chi connectivity index (χ2n) is 7.87. The van der Waals surface area contributed by atoms with Crippen molar-refractivity contribution in [2.45, 2.75) is 33.2 Å². The molecule has 7 heteroatoms. The third kappa shape index (κ3) is 7.52. The average molecular weight is 490 g/mol. The van der Waals surface area contributed by atoms with E-state index in [4.69, 9.17) is 9.47 Å². The van der Waals surface area contributed by atoms with Crippen molar-refractivity contribution < 1.29 is 14.3 Å². The van der Waals surface area contributed by atoms with Gasteiger partial charge in [0.1, 0.15) is 0 Å². The zero-order valence-corrected chi connectivity index (χ0v) is 19.9. The quantitative estimate of drug-likeness (QED) is 0.464. The second-order valence-corrected chi connectivity index (χ2v) is 8.72. The molecule has 1 amide bonds. The van der Waals surface area contributed by atoms with Gasteiger partial charge in [-0.15, -0.1) is 0 Å². The summed E-state index contributed by atoms with van der Waals surface area (Å²) in [5.74, 6) is 1.69. The number of aryl methyl sites for hydroxylation is 1. The van der Waals surface area contributed by atoms with Gasteiger partial charge in [0, 0.05) is 12.2 Å². The third-order valence-electron chi connectivity index (χ3n) is 5.27. The Morgan fingerprint density at radius 3 is 2.61 bits per heavy atom. The van der Waals surface area contributed by atoms with Gasteiger partial charge in [-0.3, -0.25) is 4.79 Å². The summed E-state index contributed by atoms with van der Waals surface area (Å²) in [5.41, 5.74) is 3.00. The molecule has 0 bridgehead atoms. The Morgan fingerprint density at radius 2 is 1.90 bits per heavy atom. The minimum absolute atomic E-state index is 0.0974. The van der Waals surface area contributed by atoms with Crippen LogP contribution in [-0.2, 0) is 11.3 Å². The lowest BCUT2D eigenvalue weighted by Crippen LogP contribution is -2.33. The molecule has 0 unspecified atom stereocenters. The van der Waals surface area contributed by atoms with Crippen LogP contribution >= 0.6 is 15.9 Å². The van der Waals surface area contributed by atoms with Gasteiger partial charge in [0.15, 0.2) is 18.1 Å². The van der Waals surface area contributed by atoms with E-state index in [9.17, 15) is 4.79 Å². The zero-order valence-electron chi connectivity index (χ0n) is 18.3. The molecule has 1 aliphatic heterocycles. The first-order valence-corrected chi connectivity index (χ1v) is 11.7. The molecule has 168 valence electrons. The predicted octanol–water partition coefficient (Wildman–Crippen LogP) is 4.26. The summed E-state index contributed by atoms with van der Waals surface area (Å²) in [6.07, 6.45) is 2.44. The van der Waals surface area contributed by atoms with Crippen LogP contribution in [0.1, 0.15) is 30.9 Å². The molecule has 2 aromatic rings. The van der Waals surface area contributed by atoms with Crippen LogP contribution in [0.15, 0.2) is 40.9 Å². The van der Waals surface area contributed by atoms with Crippen LogP contribution < -0.4 is 25.4 Å². The van der Waals surface area contributed by atoms with Gasteiger partial charge in [0.05, 0.1) is 11.1 Å². The fraction of sp³-hybridized carbons (Fsp3) is 0.458. The Balaban J connectivity index is 1.57. The van der Waals surface area contributed by atoms with E-state index in [0.717, 1.165) is 53.4 Å². The van der Waals surface area contributed by atoms with E-state index < -0.39 is 0 Å². The number of benzene rings is 2. The first-order valence-electron chi connectivity index (χ1n) is 10.9. The Hall–Kier alpha value is -2.09. The summed E-state index contributed by atoms with van der Waals surface area (Å²) >= 11 is 3.59. The first kappa shape index (κ1) is 23.6. The molecule has 31 heavy (non-hydrogen) atoms. The highest BCUT2D eigenvalue weighted by atomic mass is 79.9.